The molecule has 3 aromatic rings. The van der Waals surface area contributed by atoms with Crippen LogP contribution in [-0.2, 0) is 17.8 Å². The molecule has 0 saturated carbocycles. The fourth-order valence-corrected chi connectivity index (χ4v) is 3.27. The molecule has 0 unspecified atom stereocenters. The number of fused-ring (bicyclic) bond motifs is 1. The van der Waals surface area contributed by atoms with Crippen LogP contribution in [0.3, 0.4) is 0 Å². The van der Waals surface area contributed by atoms with Crippen LogP contribution >= 0.6 is 22.7 Å². The van der Waals surface area contributed by atoms with Gasteiger partial charge in [-0.2, -0.15) is 0 Å². The first-order chi connectivity index (χ1) is 9.70. The molecule has 0 radical (unpaired) electrons. The maximum absolute atomic E-state index is 11.8. The quantitative estimate of drug-likeness (QED) is 0.774. The zero-order valence-corrected chi connectivity index (χ0v) is 12.1. The number of para-hydroxylation sites is 1. The van der Waals surface area contributed by atoms with Crippen molar-refractivity contribution in [3.05, 3.63) is 40.3 Å². The van der Waals surface area contributed by atoms with E-state index in [0.29, 0.717) is 17.4 Å². The lowest BCUT2D eigenvalue weighted by Crippen LogP contribution is -2.24. The summed E-state index contributed by atoms with van der Waals surface area (Å²) in [5.41, 5.74) is 7.20. The maximum atomic E-state index is 11.8. The van der Waals surface area contributed by atoms with Crippen molar-refractivity contribution in [1.82, 2.24) is 15.3 Å². The van der Waals surface area contributed by atoms with Crippen LogP contribution in [-0.4, -0.2) is 15.9 Å². The molecule has 20 heavy (non-hydrogen) atoms. The van der Waals surface area contributed by atoms with E-state index >= 15 is 0 Å². The third kappa shape index (κ3) is 2.94. The number of benzene rings is 1. The van der Waals surface area contributed by atoms with E-state index in [9.17, 15) is 4.79 Å². The SMILES string of the molecule is Nc1nc(CC(=O)NCc2nc3ccccc3s2)cs1. The second-order valence-electron chi connectivity index (χ2n) is 4.21. The minimum absolute atomic E-state index is 0.0745. The number of thiazole rings is 2. The molecule has 0 aliphatic heterocycles. The van der Waals surface area contributed by atoms with E-state index in [0.717, 1.165) is 15.2 Å². The molecule has 2 heterocycles. The van der Waals surface area contributed by atoms with Crippen molar-refractivity contribution in [2.45, 2.75) is 13.0 Å². The average Bonchev–Trinajstić information content (AvgIpc) is 3.02. The number of nitrogens with two attached hydrogens (primary N) is 1. The first-order valence-electron chi connectivity index (χ1n) is 6.02. The molecule has 5 nitrogen and oxygen atoms in total. The number of rotatable bonds is 4. The smallest absolute Gasteiger partial charge is 0.226 e. The van der Waals surface area contributed by atoms with Crippen molar-refractivity contribution in [1.29, 1.82) is 0 Å². The van der Waals surface area contributed by atoms with Gasteiger partial charge in [0, 0.05) is 5.38 Å². The van der Waals surface area contributed by atoms with Gasteiger partial charge in [0.25, 0.3) is 0 Å². The number of nitrogens with zero attached hydrogens (tertiary/aromatic N) is 2. The van der Waals surface area contributed by atoms with Gasteiger partial charge < -0.3 is 11.1 Å². The Labute approximate surface area is 123 Å². The van der Waals surface area contributed by atoms with Gasteiger partial charge >= 0.3 is 0 Å². The lowest BCUT2D eigenvalue weighted by atomic mass is 10.3. The molecule has 1 aromatic carbocycles. The number of nitrogens with one attached hydrogen (secondary N) is 1. The van der Waals surface area contributed by atoms with Crippen LogP contribution in [0.5, 0.6) is 0 Å². The summed E-state index contributed by atoms with van der Waals surface area (Å²) in [5, 5.41) is 6.03. The number of nitrogen functional groups attached to an aromatic ring is 1. The summed E-state index contributed by atoms with van der Waals surface area (Å²) >= 11 is 2.93. The van der Waals surface area contributed by atoms with E-state index in [4.69, 9.17) is 5.73 Å². The topological polar surface area (TPSA) is 80.9 Å². The number of carbonyl (C=O) groups excluding carboxylic acids is 1. The normalized spacial score (nSPS) is 10.8. The third-order valence-electron chi connectivity index (χ3n) is 2.69. The molecular weight excluding hydrogens is 292 g/mol. The summed E-state index contributed by atoms with van der Waals surface area (Å²) < 4.78 is 1.13. The van der Waals surface area contributed by atoms with Gasteiger partial charge in [0.05, 0.1) is 28.9 Å². The second kappa shape index (κ2) is 5.56. The molecule has 7 heteroatoms. The summed E-state index contributed by atoms with van der Waals surface area (Å²) in [6.45, 7) is 0.442. The Hall–Kier alpha value is -1.99. The van der Waals surface area contributed by atoms with Crippen LogP contribution in [0.4, 0.5) is 5.13 Å². The zero-order chi connectivity index (χ0) is 13.9. The van der Waals surface area contributed by atoms with E-state index in [1.807, 2.05) is 24.3 Å². The summed E-state index contributed by atoms with van der Waals surface area (Å²) in [4.78, 5) is 20.3. The van der Waals surface area contributed by atoms with Crippen molar-refractivity contribution in [2.24, 2.45) is 0 Å². The largest absolute Gasteiger partial charge is 0.375 e. The van der Waals surface area contributed by atoms with E-state index in [1.54, 1.807) is 16.7 Å². The molecule has 1 amide bonds. The molecule has 0 fully saturated rings. The number of hydrogen-bond acceptors (Lipinski definition) is 6. The minimum Gasteiger partial charge on any atom is -0.375 e. The van der Waals surface area contributed by atoms with Gasteiger partial charge in [0.2, 0.25) is 5.91 Å². The summed E-state index contributed by atoms with van der Waals surface area (Å²) in [5.74, 6) is -0.0745. The Bertz CT molecular complexity index is 717. The first-order valence-corrected chi connectivity index (χ1v) is 7.71. The average molecular weight is 304 g/mol. The van der Waals surface area contributed by atoms with E-state index in [1.165, 1.54) is 11.3 Å². The molecule has 3 rings (SSSR count). The lowest BCUT2D eigenvalue weighted by molar-refractivity contribution is -0.120. The third-order valence-corrected chi connectivity index (χ3v) is 4.45. The van der Waals surface area contributed by atoms with Gasteiger partial charge in [-0.15, -0.1) is 22.7 Å². The molecule has 102 valence electrons. The molecule has 0 spiro atoms. The molecule has 0 aliphatic rings. The Morgan fingerprint density at radius 1 is 1.30 bits per heavy atom. The fourth-order valence-electron chi connectivity index (χ4n) is 1.80. The summed E-state index contributed by atoms with van der Waals surface area (Å²) in [7, 11) is 0. The minimum atomic E-state index is -0.0745. The van der Waals surface area contributed by atoms with Crippen molar-refractivity contribution < 1.29 is 4.79 Å². The summed E-state index contributed by atoms with van der Waals surface area (Å²) in [6, 6.07) is 7.93. The van der Waals surface area contributed by atoms with Crippen LogP contribution in [0.1, 0.15) is 10.7 Å². The highest BCUT2D eigenvalue weighted by Gasteiger charge is 2.08. The highest BCUT2D eigenvalue weighted by molar-refractivity contribution is 7.18. The number of aromatic nitrogens is 2. The second-order valence-corrected chi connectivity index (χ2v) is 6.21. The van der Waals surface area contributed by atoms with E-state index < -0.39 is 0 Å². The number of amides is 1. The number of hydrogen-bond donors (Lipinski definition) is 2. The summed E-state index contributed by atoms with van der Waals surface area (Å²) in [6.07, 6.45) is 0.249. The molecule has 3 N–H and O–H groups in total. The lowest BCUT2D eigenvalue weighted by Gasteiger charge is -2.00. The highest BCUT2D eigenvalue weighted by atomic mass is 32.1. The first kappa shape index (κ1) is 13.0. The van der Waals surface area contributed by atoms with Gasteiger partial charge in [-0.3, -0.25) is 4.79 Å². The predicted octanol–water partition coefficient (Wildman–Crippen LogP) is 2.19. The molecule has 0 bridgehead atoms. The number of anilines is 1. The van der Waals surface area contributed by atoms with Gasteiger partial charge in [-0.25, -0.2) is 9.97 Å². The zero-order valence-electron chi connectivity index (χ0n) is 10.5. The van der Waals surface area contributed by atoms with Crippen LogP contribution in [0.15, 0.2) is 29.6 Å². The standard InChI is InChI=1S/C13H12N4OS2/c14-13-16-8(7-19-13)5-11(18)15-6-12-17-9-3-1-2-4-10(9)20-12/h1-4,7H,5-6H2,(H2,14,16)(H,15,18). The molecular formula is C13H12N4OS2. The van der Waals surface area contributed by atoms with Crippen molar-refractivity contribution in [3.63, 3.8) is 0 Å². The Morgan fingerprint density at radius 2 is 2.15 bits per heavy atom. The maximum Gasteiger partial charge on any atom is 0.226 e. The molecule has 0 atom stereocenters. The van der Waals surface area contributed by atoms with Crippen LogP contribution in [0, 0.1) is 0 Å². The number of carbonyl (C=O) groups is 1. The van der Waals surface area contributed by atoms with Gasteiger partial charge in [-0.1, -0.05) is 12.1 Å². The van der Waals surface area contributed by atoms with Crippen molar-refractivity contribution >= 4 is 43.9 Å². The van der Waals surface area contributed by atoms with Gasteiger partial charge in [0.1, 0.15) is 5.01 Å². The molecule has 0 aliphatic carbocycles. The monoisotopic (exact) mass is 304 g/mol. The Balaban J connectivity index is 1.59. The highest BCUT2D eigenvalue weighted by Crippen LogP contribution is 2.21. The van der Waals surface area contributed by atoms with E-state index in [2.05, 4.69) is 15.3 Å². The van der Waals surface area contributed by atoms with Crippen molar-refractivity contribution in [2.75, 3.05) is 5.73 Å². The Morgan fingerprint density at radius 3 is 2.90 bits per heavy atom. The molecule has 2 aromatic heterocycles. The van der Waals surface area contributed by atoms with Gasteiger partial charge in [0.15, 0.2) is 5.13 Å². The van der Waals surface area contributed by atoms with Gasteiger partial charge in [-0.05, 0) is 12.1 Å². The van der Waals surface area contributed by atoms with Crippen molar-refractivity contribution in [3.8, 4) is 0 Å². The molecule has 0 saturated heterocycles. The van der Waals surface area contributed by atoms with Crippen LogP contribution in [0.25, 0.3) is 10.2 Å². The Kier molecular flexibility index (Phi) is 3.62. The fraction of sp³-hybridized carbons (Fsp3) is 0.154. The van der Waals surface area contributed by atoms with Crippen LogP contribution in [0.2, 0.25) is 0 Å². The predicted molar refractivity (Wildman–Crippen MR) is 81.7 cm³/mol. The van der Waals surface area contributed by atoms with Crippen LogP contribution < -0.4 is 11.1 Å². The van der Waals surface area contributed by atoms with E-state index in [-0.39, 0.29) is 12.3 Å².